The summed E-state index contributed by atoms with van der Waals surface area (Å²) in [5.41, 5.74) is 5.81. The first kappa shape index (κ1) is 21.1. The molecule has 0 radical (unpaired) electrons. The second kappa shape index (κ2) is 8.74. The number of pyridine rings is 2. The Morgan fingerprint density at radius 2 is 2.03 bits per heavy atom. The van der Waals surface area contributed by atoms with Gasteiger partial charge in [0.15, 0.2) is 6.10 Å². The van der Waals surface area contributed by atoms with Gasteiger partial charge in [-0.15, -0.1) is 0 Å². The average molecular weight is 474 g/mol. The minimum absolute atomic E-state index is 0.0417. The van der Waals surface area contributed by atoms with Crippen LogP contribution in [0, 0.1) is 0 Å². The van der Waals surface area contributed by atoms with Crippen molar-refractivity contribution in [2.24, 2.45) is 0 Å². The van der Waals surface area contributed by atoms with Crippen LogP contribution in [-0.4, -0.2) is 58.0 Å². The normalized spacial score (nSPS) is 17.6. The standard InChI is InChI=1S/C26H24ClN5O2/c27-18-11-17-12-23(26(33)32-8-6-28-7-9-32)34-24(17)21(13-18)20-3-5-30-25-22(20)14-19(31-25)10-16-2-1-4-29-15-16/h1-5,11,13-15,23,28H,6-10,12H2,(H,30,31)/t23-/m0/s1. The van der Waals surface area contributed by atoms with E-state index in [1.54, 1.807) is 12.4 Å². The smallest absolute Gasteiger partial charge is 0.264 e. The number of hydrogen-bond acceptors (Lipinski definition) is 5. The summed E-state index contributed by atoms with van der Waals surface area (Å²) in [5, 5.41) is 4.91. The van der Waals surface area contributed by atoms with Crippen LogP contribution in [0.15, 0.2) is 55.0 Å². The number of H-pyrrole nitrogens is 1. The zero-order valence-corrected chi connectivity index (χ0v) is 19.3. The lowest BCUT2D eigenvalue weighted by Crippen LogP contribution is -2.50. The van der Waals surface area contributed by atoms with Gasteiger partial charge in [-0.3, -0.25) is 9.78 Å². The van der Waals surface area contributed by atoms with Crippen molar-refractivity contribution in [2.45, 2.75) is 18.9 Å². The highest BCUT2D eigenvalue weighted by atomic mass is 35.5. The topological polar surface area (TPSA) is 83.1 Å². The van der Waals surface area contributed by atoms with Gasteiger partial charge in [0.25, 0.3) is 5.91 Å². The SMILES string of the molecule is O=C([C@@H]1Cc2cc(Cl)cc(-c3ccnc4[nH]c(Cc5cccnc5)cc34)c2O1)N1CCNCC1. The molecule has 8 heteroatoms. The number of halogens is 1. The van der Waals surface area contributed by atoms with E-state index < -0.39 is 6.10 Å². The number of rotatable bonds is 4. The molecule has 3 aromatic heterocycles. The molecule has 7 nitrogen and oxygen atoms in total. The number of aromatic nitrogens is 3. The minimum atomic E-state index is -0.519. The van der Waals surface area contributed by atoms with Gasteiger partial charge < -0.3 is 19.9 Å². The van der Waals surface area contributed by atoms with Gasteiger partial charge in [-0.2, -0.15) is 0 Å². The van der Waals surface area contributed by atoms with Gasteiger partial charge in [-0.25, -0.2) is 4.98 Å². The second-order valence-corrected chi connectivity index (χ2v) is 9.22. The summed E-state index contributed by atoms with van der Waals surface area (Å²) in [7, 11) is 0. The van der Waals surface area contributed by atoms with Crippen molar-refractivity contribution in [1.82, 2.24) is 25.2 Å². The molecule has 1 saturated heterocycles. The summed E-state index contributed by atoms with van der Waals surface area (Å²) in [6, 6.07) is 11.9. The highest BCUT2D eigenvalue weighted by Gasteiger charge is 2.35. The lowest BCUT2D eigenvalue weighted by molar-refractivity contribution is -0.138. The van der Waals surface area contributed by atoms with Gasteiger partial charge in [-0.05, 0) is 41.5 Å². The molecule has 0 aliphatic carbocycles. The van der Waals surface area contributed by atoms with Crippen molar-refractivity contribution in [3.8, 4) is 16.9 Å². The van der Waals surface area contributed by atoms with Crippen molar-refractivity contribution in [3.63, 3.8) is 0 Å². The number of amides is 1. The van der Waals surface area contributed by atoms with E-state index in [0.29, 0.717) is 24.5 Å². The fraction of sp³-hybridized carbons (Fsp3) is 0.269. The largest absolute Gasteiger partial charge is 0.479 e. The number of carbonyl (C=O) groups excluding carboxylic acids is 1. The fourth-order valence-electron chi connectivity index (χ4n) is 4.89. The van der Waals surface area contributed by atoms with E-state index in [0.717, 1.165) is 64.2 Å². The summed E-state index contributed by atoms with van der Waals surface area (Å²) >= 11 is 6.53. The predicted molar refractivity (Wildman–Crippen MR) is 131 cm³/mol. The maximum atomic E-state index is 13.1. The molecule has 5 heterocycles. The molecule has 0 spiro atoms. The molecule has 34 heavy (non-hydrogen) atoms. The highest BCUT2D eigenvalue weighted by molar-refractivity contribution is 6.31. The summed E-state index contributed by atoms with van der Waals surface area (Å²) in [5.74, 6) is 0.778. The molecular formula is C26H24ClN5O2. The maximum absolute atomic E-state index is 13.1. The zero-order valence-electron chi connectivity index (χ0n) is 18.6. The van der Waals surface area contributed by atoms with Gasteiger partial charge in [0.1, 0.15) is 11.4 Å². The van der Waals surface area contributed by atoms with Gasteiger partial charge in [-0.1, -0.05) is 17.7 Å². The molecule has 2 aliphatic heterocycles. The summed E-state index contributed by atoms with van der Waals surface area (Å²) in [4.78, 5) is 27.2. The van der Waals surface area contributed by atoms with Crippen molar-refractivity contribution in [3.05, 3.63) is 76.8 Å². The van der Waals surface area contributed by atoms with E-state index >= 15 is 0 Å². The Morgan fingerprint density at radius 1 is 1.15 bits per heavy atom. The van der Waals surface area contributed by atoms with Crippen LogP contribution in [0.1, 0.15) is 16.8 Å². The molecule has 0 bridgehead atoms. The van der Waals surface area contributed by atoms with Crippen LogP contribution in [0.2, 0.25) is 5.02 Å². The molecule has 1 aromatic carbocycles. The van der Waals surface area contributed by atoms with Crippen molar-refractivity contribution in [1.29, 1.82) is 0 Å². The van der Waals surface area contributed by atoms with Gasteiger partial charge in [0, 0.05) is 84.8 Å². The molecule has 2 aliphatic rings. The monoisotopic (exact) mass is 473 g/mol. The van der Waals surface area contributed by atoms with Crippen LogP contribution in [0.25, 0.3) is 22.2 Å². The average Bonchev–Trinajstić information content (AvgIpc) is 3.48. The van der Waals surface area contributed by atoms with E-state index in [1.165, 1.54) is 0 Å². The van der Waals surface area contributed by atoms with Crippen molar-refractivity contribution in [2.75, 3.05) is 26.2 Å². The number of nitrogens with one attached hydrogen (secondary N) is 2. The van der Waals surface area contributed by atoms with Gasteiger partial charge in [0.2, 0.25) is 0 Å². The van der Waals surface area contributed by atoms with Gasteiger partial charge >= 0.3 is 0 Å². The second-order valence-electron chi connectivity index (χ2n) is 8.78. The number of nitrogens with zero attached hydrogens (tertiary/aromatic N) is 3. The first-order valence-corrected chi connectivity index (χ1v) is 11.9. The number of hydrogen-bond donors (Lipinski definition) is 2. The first-order chi connectivity index (χ1) is 16.7. The first-order valence-electron chi connectivity index (χ1n) is 11.5. The minimum Gasteiger partial charge on any atom is -0.479 e. The molecule has 172 valence electrons. The van der Waals surface area contributed by atoms with Crippen LogP contribution in [0.5, 0.6) is 5.75 Å². The van der Waals surface area contributed by atoms with Crippen LogP contribution in [0.4, 0.5) is 0 Å². The number of ether oxygens (including phenoxy) is 1. The molecule has 2 N–H and O–H groups in total. The Labute approximate surface area is 202 Å². The maximum Gasteiger partial charge on any atom is 0.264 e. The quantitative estimate of drug-likeness (QED) is 0.473. The van der Waals surface area contributed by atoms with Gasteiger partial charge in [0.05, 0.1) is 0 Å². The highest BCUT2D eigenvalue weighted by Crippen LogP contribution is 2.43. The predicted octanol–water partition coefficient (Wildman–Crippen LogP) is 3.60. The molecule has 4 aromatic rings. The molecule has 0 unspecified atom stereocenters. The van der Waals surface area contributed by atoms with Crippen molar-refractivity contribution >= 4 is 28.5 Å². The van der Waals surface area contributed by atoms with E-state index in [1.807, 2.05) is 35.4 Å². The summed E-state index contributed by atoms with van der Waals surface area (Å²) in [6.07, 6.45) is 6.17. The van der Waals surface area contributed by atoms with Crippen LogP contribution in [-0.2, 0) is 17.6 Å². The summed E-state index contributed by atoms with van der Waals surface area (Å²) in [6.45, 7) is 3.03. The Bertz CT molecular complexity index is 1360. The number of piperazine rings is 1. The third kappa shape index (κ3) is 3.91. The Balaban J connectivity index is 1.35. The molecule has 0 saturated carbocycles. The third-order valence-corrected chi connectivity index (χ3v) is 6.71. The Hall–Kier alpha value is -3.42. The number of benzene rings is 1. The number of aromatic amines is 1. The molecule has 1 fully saturated rings. The van der Waals surface area contributed by atoms with E-state index in [-0.39, 0.29) is 5.91 Å². The van der Waals surface area contributed by atoms with Crippen molar-refractivity contribution < 1.29 is 9.53 Å². The summed E-state index contributed by atoms with van der Waals surface area (Å²) < 4.78 is 6.30. The Morgan fingerprint density at radius 3 is 2.85 bits per heavy atom. The third-order valence-electron chi connectivity index (χ3n) is 6.50. The molecule has 6 rings (SSSR count). The molecule has 1 amide bonds. The van der Waals surface area contributed by atoms with E-state index in [4.69, 9.17) is 16.3 Å². The van der Waals surface area contributed by atoms with E-state index in [2.05, 4.69) is 32.4 Å². The van der Waals surface area contributed by atoms with E-state index in [9.17, 15) is 4.79 Å². The zero-order chi connectivity index (χ0) is 23.1. The lowest BCUT2D eigenvalue weighted by atomic mass is 9.99. The fourth-order valence-corrected chi connectivity index (χ4v) is 5.13. The van der Waals surface area contributed by atoms with Crippen LogP contribution in [0.3, 0.4) is 0 Å². The molecule has 1 atom stereocenters. The number of carbonyl (C=O) groups is 1. The molecular weight excluding hydrogens is 450 g/mol. The Kier molecular flexibility index (Phi) is 5.43. The van der Waals surface area contributed by atoms with Crippen LogP contribution < -0.4 is 10.1 Å². The lowest BCUT2D eigenvalue weighted by Gasteiger charge is -2.29. The number of fused-ring (bicyclic) bond motifs is 2. The van der Waals surface area contributed by atoms with Crippen LogP contribution >= 0.6 is 11.6 Å².